The van der Waals surface area contributed by atoms with Gasteiger partial charge in [-0.25, -0.2) is 0 Å². The molecule has 42 valence electrons. The van der Waals surface area contributed by atoms with Crippen LogP contribution in [0.2, 0.25) is 0 Å². The Kier molecular flexibility index (Phi) is 3.10. The molecule has 0 spiro atoms. The fourth-order valence-corrected chi connectivity index (χ4v) is 0.228. The minimum absolute atomic E-state index is 0.696. The van der Waals surface area contributed by atoms with E-state index in [-0.39, 0.29) is 0 Å². The van der Waals surface area contributed by atoms with E-state index in [1.54, 1.807) is 6.92 Å². The molecule has 0 heterocycles. The van der Waals surface area contributed by atoms with Crippen molar-refractivity contribution in [2.24, 2.45) is 5.73 Å². The summed E-state index contributed by atoms with van der Waals surface area (Å²) in [7, 11) is 0. The Balaban J connectivity index is 3.08. The molecule has 0 rings (SSSR count). The minimum Gasteiger partial charge on any atom is -0.290 e. The topological polar surface area (TPSA) is 52.0 Å². The van der Waals surface area contributed by atoms with Crippen molar-refractivity contribution in [3.63, 3.8) is 0 Å². The monoisotopic (exact) mass is 102 g/mol. The van der Waals surface area contributed by atoms with E-state index < -0.39 is 0 Å². The molecule has 0 unspecified atom stereocenters. The first-order valence-corrected chi connectivity index (χ1v) is 2.35. The molecule has 0 amide bonds. The van der Waals surface area contributed by atoms with Gasteiger partial charge in [0.1, 0.15) is 0 Å². The van der Waals surface area contributed by atoms with Crippen LogP contribution in [0.4, 0.5) is 0 Å². The van der Waals surface area contributed by atoms with E-state index in [1.807, 2.05) is 6.92 Å². The first kappa shape index (κ1) is 6.27. The zero-order valence-electron chi connectivity index (χ0n) is 4.78. The van der Waals surface area contributed by atoms with Crippen LogP contribution in [0.3, 0.4) is 0 Å². The highest BCUT2D eigenvalue weighted by atomic mass is 15.3. The Hall–Kier alpha value is -0.730. The quantitative estimate of drug-likeness (QED) is 0.214. The predicted octanol–water partition coefficient (Wildman–Crippen LogP) is -2.03. The van der Waals surface area contributed by atoms with Crippen LogP contribution in [0.5, 0.6) is 0 Å². The molecule has 7 heavy (non-hydrogen) atoms. The summed E-state index contributed by atoms with van der Waals surface area (Å²) in [6.45, 7) is 4.67. The summed E-state index contributed by atoms with van der Waals surface area (Å²) in [6, 6.07) is 0. The van der Waals surface area contributed by atoms with E-state index in [4.69, 9.17) is 5.73 Å². The van der Waals surface area contributed by atoms with Crippen molar-refractivity contribution < 1.29 is 5.10 Å². The van der Waals surface area contributed by atoms with Gasteiger partial charge in [0.2, 0.25) is 0 Å². The van der Waals surface area contributed by atoms with Gasteiger partial charge in [0.15, 0.2) is 0 Å². The fourth-order valence-electron chi connectivity index (χ4n) is 0.228. The summed E-state index contributed by atoms with van der Waals surface area (Å²) in [5.41, 5.74) is 8.06. The number of amidine groups is 1. The van der Waals surface area contributed by atoms with Crippen LogP contribution in [0.1, 0.15) is 13.8 Å². The van der Waals surface area contributed by atoms with Crippen molar-refractivity contribution in [1.82, 2.24) is 5.43 Å². The van der Waals surface area contributed by atoms with E-state index in [1.165, 1.54) is 0 Å². The molecule has 0 atom stereocenters. The highest BCUT2D eigenvalue weighted by Gasteiger charge is 1.78. The first-order chi connectivity index (χ1) is 3.27. The van der Waals surface area contributed by atoms with Gasteiger partial charge in [-0.15, -0.1) is 0 Å². The Bertz CT molecular complexity index is 63.3. The molecule has 0 radical (unpaired) electrons. The molecule has 0 aliphatic rings. The number of hydrazone groups is 1. The van der Waals surface area contributed by atoms with Gasteiger partial charge in [0.25, 0.3) is 5.84 Å². The molecule has 0 aliphatic carbocycles. The largest absolute Gasteiger partial charge is 0.290 e. The molecule has 0 aromatic heterocycles. The Morgan fingerprint density at radius 3 is 2.57 bits per heavy atom. The highest BCUT2D eigenvalue weighted by Crippen LogP contribution is 1.33. The van der Waals surface area contributed by atoms with Gasteiger partial charge in [-0.3, -0.25) is 11.2 Å². The average Bonchev–Trinajstić information content (AvgIpc) is 1.61. The van der Waals surface area contributed by atoms with Crippen molar-refractivity contribution in [2.45, 2.75) is 13.8 Å². The van der Waals surface area contributed by atoms with Crippen LogP contribution in [0.15, 0.2) is 0 Å². The summed E-state index contributed by atoms with van der Waals surface area (Å²) < 4.78 is 0. The van der Waals surface area contributed by atoms with Gasteiger partial charge in [-0.05, 0) is 6.92 Å². The number of hydrogen-bond donors (Lipinski definition) is 3. The van der Waals surface area contributed by atoms with Crippen LogP contribution in [0, 0.1) is 0 Å². The SMILES string of the molecule is CCN/[NH+]=C(/C)N. The lowest BCUT2D eigenvalue weighted by Gasteiger charge is -1.86. The summed E-state index contributed by atoms with van der Waals surface area (Å²) >= 11 is 0. The first-order valence-electron chi connectivity index (χ1n) is 2.35. The van der Waals surface area contributed by atoms with Crippen molar-refractivity contribution in [1.29, 1.82) is 0 Å². The van der Waals surface area contributed by atoms with E-state index in [9.17, 15) is 0 Å². The number of hydrazine groups is 1. The van der Waals surface area contributed by atoms with Crippen molar-refractivity contribution in [3.8, 4) is 0 Å². The van der Waals surface area contributed by atoms with Crippen molar-refractivity contribution in [2.75, 3.05) is 6.54 Å². The van der Waals surface area contributed by atoms with E-state index in [0.29, 0.717) is 5.84 Å². The van der Waals surface area contributed by atoms with Crippen LogP contribution in [0.25, 0.3) is 0 Å². The molecule has 0 saturated carbocycles. The third-order valence-electron chi connectivity index (χ3n) is 0.462. The molecule has 0 aromatic carbocycles. The Labute approximate surface area is 43.6 Å². The number of rotatable bonds is 2. The van der Waals surface area contributed by atoms with Crippen LogP contribution in [-0.4, -0.2) is 12.4 Å². The number of nitrogens with one attached hydrogen (secondary N) is 2. The molecule has 0 fully saturated rings. The molecular weight excluding hydrogens is 90.1 g/mol. The lowest BCUT2D eigenvalue weighted by Crippen LogP contribution is -2.84. The maximum absolute atomic E-state index is 5.22. The van der Waals surface area contributed by atoms with Gasteiger partial charge in [-0.2, -0.15) is 5.10 Å². The Morgan fingerprint density at radius 1 is 1.86 bits per heavy atom. The Morgan fingerprint density at radius 2 is 2.43 bits per heavy atom. The third kappa shape index (κ3) is 5.27. The van der Waals surface area contributed by atoms with Gasteiger partial charge < -0.3 is 0 Å². The predicted molar refractivity (Wildman–Crippen MR) is 29.5 cm³/mol. The van der Waals surface area contributed by atoms with Crippen LogP contribution < -0.4 is 16.3 Å². The molecule has 0 aliphatic heterocycles. The van der Waals surface area contributed by atoms with Crippen LogP contribution >= 0.6 is 0 Å². The van der Waals surface area contributed by atoms with Gasteiger partial charge in [0.05, 0.1) is 0 Å². The highest BCUT2D eigenvalue weighted by molar-refractivity contribution is 5.70. The van der Waals surface area contributed by atoms with Gasteiger partial charge in [-0.1, -0.05) is 0 Å². The second-order valence-corrected chi connectivity index (χ2v) is 1.34. The van der Waals surface area contributed by atoms with Crippen molar-refractivity contribution >= 4 is 5.84 Å². The zero-order valence-corrected chi connectivity index (χ0v) is 4.78. The lowest BCUT2D eigenvalue weighted by molar-refractivity contribution is -0.526. The molecule has 0 saturated heterocycles. The zero-order chi connectivity index (χ0) is 5.70. The van der Waals surface area contributed by atoms with E-state index in [2.05, 4.69) is 10.5 Å². The maximum Gasteiger partial charge on any atom is 0.260 e. The normalized spacial score (nSPS) is 11.4. The number of nitrogens with two attached hydrogens (primary N) is 1. The second kappa shape index (κ2) is 3.46. The smallest absolute Gasteiger partial charge is 0.260 e. The number of hydrogen-bond acceptors (Lipinski definition) is 1. The van der Waals surface area contributed by atoms with E-state index in [0.717, 1.165) is 6.54 Å². The van der Waals surface area contributed by atoms with E-state index >= 15 is 0 Å². The second-order valence-electron chi connectivity index (χ2n) is 1.34. The summed E-state index contributed by atoms with van der Waals surface area (Å²) in [4.78, 5) is 0. The van der Waals surface area contributed by atoms with Gasteiger partial charge >= 0.3 is 0 Å². The molecule has 3 nitrogen and oxygen atoms in total. The van der Waals surface area contributed by atoms with Crippen LogP contribution in [-0.2, 0) is 0 Å². The standard InChI is InChI=1S/C4H11N3/c1-3-6-7-4(2)5/h6H,3H2,1-2H3,(H2,5,7)/p+1. The van der Waals surface area contributed by atoms with Gasteiger partial charge in [0, 0.05) is 13.5 Å². The molecule has 0 aromatic rings. The lowest BCUT2D eigenvalue weighted by atomic mass is 10.7. The summed E-state index contributed by atoms with van der Waals surface area (Å²) in [6.07, 6.45) is 0. The molecule has 4 N–H and O–H groups in total. The third-order valence-corrected chi connectivity index (χ3v) is 0.462. The maximum atomic E-state index is 5.22. The molecular formula is C4H12N3+. The summed E-state index contributed by atoms with van der Waals surface area (Å²) in [5, 5.41) is 2.74. The fraction of sp³-hybridized carbons (Fsp3) is 0.750. The molecule has 0 bridgehead atoms. The average molecular weight is 102 g/mol. The molecule has 3 heteroatoms. The minimum atomic E-state index is 0.696. The van der Waals surface area contributed by atoms with Crippen molar-refractivity contribution in [3.05, 3.63) is 0 Å². The summed E-state index contributed by atoms with van der Waals surface area (Å²) in [5.74, 6) is 0.696.